The fraction of sp³-hybridized carbons (Fsp3) is 0.429. The predicted octanol–water partition coefficient (Wildman–Crippen LogP) is 1.27. The summed E-state index contributed by atoms with van der Waals surface area (Å²) >= 11 is 0. The van der Waals surface area contributed by atoms with E-state index in [1.54, 1.807) is 26.2 Å². The minimum Gasteiger partial charge on any atom is -0.478 e. The number of nitrogens with zero attached hydrogens (tertiary/aromatic N) is 2. The zero-order valence-corrected chi connectivity index (χ0v) is 12.1. The Hall–Kier alpha value is -2.24. The first kappa shape index (κ1) is 15.8. The highest BCUT2D eigenvalue weighted by Crippen LogP contribution is 2.27. The second kappa shape index (κ2) is 6.79. The number of likely N-dealkylation sites (N-methyl/N-ethyl adjacent to an activating group) is 1. The van der Waals surface area contributed by atoms with Crippen molar-refractivity contribution in [2.45, 2.75) is 13.3 Å². The Balaban J connectivity index is 3.12. The molecule has 0 radical (unpaired) electrons. The number of carboxylic acid groups (broad SMARTS) is 1. The molecule has 0 bridgehead atoms. The molecule has 0 aliphatic heterocycles. The van der Waals surface area contributed by atoms with Crippen LogP contribution in [0.2, 0.25) is 0 Å². The first-order valence-electron chi connectivity index (χ1n) is 6.45. The van der Waals surface area contributed by atoms with Gasteiger partial charge in [-0.1, -0.05) is 13.0 Å². The number of aromatic carboxylic acids is 1. The highest BCUT2D eigenvalue weighted by molar-refractivity contribution is 5.97. The highest BCUT2D eigenvalue weighted by atomic mass is 16.4. The number of hydrogen-bond donors (Lipinski definition) is 2. The van der Waals surface area contributed by atoms with E-state index in [9.17, 15) is 9.59 Å². The van der Waals surface area contributed by atoms with E-state index in [-0.39, 0.29) is 23.7 Å². The topological polar surface area (TPSA) is 86.9 Å². The zero-order chi connectivity index (χ0) is 15.3. The fourth-order valence-electron chi connectivity index (χ4n) is 1.87. The van der Waals surface area contributed by atoms with Gasteiger partial charge in [0.25, 0.3) is 0 Å². The van der Waals surface area contributed by atoms with E-state index in [1.807, 2.05) is 11.8 Å². The van der Waals surface area contributed by atoms with Crippen molar-refractivity contribution in [3.8, 4) is 0 Å². The minimum absolute atomic E-state index is 0.0564. The van der Waals surface area contributed by atoms with Gasteiger partial charge in [0.2, 0.25) is 5.91 Å². The molecular formula is C14H21N3O3. The molecule has 1 aromatic rings. The lowest BCUT2D eigenvalue weighted by atomic mass is 10.1. The number of benzene rings is 1. The second-order valence-corrected chi connectivity index (χ2v) is 4.75. The molecule has 0 saturated carbocycles. The SMILES string of the molecule is CCCN(CC(=O)N(C)C)c1cccc(C(=O)O)c1N. The Kier molecular flexibility index (Phi) is 5.37. The Morgan fingerprint density at radius 3 is 2.45 bits per heavy atom. The number of carboxylic acids is 1. The molecule has 110 valence electrons. The maximum Gasteiger partial charge on any atom is 0.337 e. The van der Waals surface area contributed by atoms with Gasteiger partial charge >= 0.3 is 5.97 Å². The van der Waals surface area contributed by atoms with Crippen LogP contribution in [0, 0.1) is 0 Å². The maximum absolute atomic E-state index is 11.9. The van der Waals surface area contributed by atoms with Crippen LogP contribution in [0.1, 0.15) is 23.7 Å². The van der Waals surface area contributed by atoms with Crippen molar-refractivity contribution in [1.82, 2.24) is 4.90 Å². The summed E-state index contributed by atoms with van der Waals surface area (Å²) < 4.78 is 0. The lowest BCUT2D eigenvalue weighted by molar-refractivity contribution is -0.127. The standard InChI is InChI=1S/C14H21N3O3/c1-4-8-17(9-12(18)16(2)3)11-7-5-6-10(13(11)15)14(19)20/h5-7H,4,8-9,15H2,1-3H3,(H,19,20). The molecule has 1 amide bonds. The largest absolute Gasteiger partial charge is 0.478 e. The quantitative estimate of drug-likeness (QED) is 0.766. The Bertz CT molecular complexity index is 500. The van der Waals surface area contributed by atoms with Crippen molar-refractivity contribution in [2.24, 2.45) is 0 Å². The summed E-state index contributed by atoms with van der Waals surface area (Å²) in [5.41, 5.74) is 6.76. The number of amides is 1. The van der Waals surface area contributed by atoms with Gasteiger partial charge < -0.3 is 20.6 Å². The smallest absolute Gasteiger partial charge is 0.337 e. The van der Waals surface area contributed by atoms with Crippen LogP contribution in [0.25, 0.3) is 0 Å². The third-order valence-electron chi connectivity index (χ3n) is 2.97. The molecule has 0 heterocycles. The normalized spacial score (nSPS) is 10.2. The average molecular weight is 279 g/mol. The second-order valence-electron chi connectivity index (χ2n) is 4.75. The molecule has 6 nitrogen and oxygen atoms in total. The van der Waals surface area contributed by atoms with Crippen molar-refractivity contribution < 1.29 is 14.7 Å². The molecule has 0 spiro atoms. The van der Waals surface area contributed by atoms with E-state index < -0.39 is 5.97 Å². The summed E-state index contributed by atoms with van der Waals surface area (Å²) in [4.78, 5) is 26.3. The van der Waals surface area contributed by atoms with Crippen LogP contribution < -0.4 is 10.6 Å². The van der Waals surface area contributed by atoms with Crippen LogP contribution in [0.4, 0.5) is 11.4 Å². The van der Waals surface area contributed by atoms with Gasteiger partial charge in [-0.3, -0.25) is 4.79 Å². The molecular weight excluding hydrogens is 258 g/mol. The number of nitrogens with two attached hydrogens (primary N) is 1. The monoisotopic (exact) mass is 279 g/mol. The molecule has 0 aromatic heterocycles. The van der Waals surface area contributed by atoms with Gasteiger partial charge in [0.05, 0.1) is 23.5 Å². The average Bonchev–Trinajstić information content (AvgIpc) is 2.38. The molecule has 0 unspecified atom stereocenters. The van der Waals surface area contributed by atoms with E-state index in [1.165, 1.54) is 11.0 Å². The van der Waals surface area contributed by atoms with Crippen LogP contribution in [-0.2, 0) is 4.79 Å². The summed E-state index contributed by atoms with van der Waals surface area (Å²) in [5, 5.41) is 9.10. The first-order chi connectivity index (χ1) is 9.38. The molecule has 20 heavy (non-hydrogen) atoms. The lowest BCUT2D eigenvalue weighted by Gasteiger charge is -2.27. The van der Waals surface area contributed by atoms with E-state index in [4.69, 9.17) is 10.8 Å². The number of rotatable bonds is 6. The molecule has 3 N–H and O–H groups in total. The van der Waals surface area contributed by atoms with Crippen LogP contribution in [0.15, 0.2) is 18.2 Å². The van der Waals surface area contributed by atoms with Gasteiger partial charge in [0.1, 0.15) is 0 Å². The van der Waals surface area contributed by atoms with Gasteiger partial charge in [0, 0.05) is 20.6 Å². The molecule has 0 fully saturated rings. The Labute approximate surface area is 118 Å². The summed E-state index contributed by atoms with van der Waals surface area (Å²) in [6.45, 7) is 2.80. The maximum atomic E-state index is 11.9. The van der Waals surface area contributed by atoms with E-state index in [0.29, 0.717) is 12.2 Å². The summed E-state index contributed by atoms with van der Waals surface area (Å²) in [6.07, 6.45) is 0.831. The predicted molar refractivity (Wildman–Crippen MR) is 79.0 cm³/mol. The Morgan fingerprint density at radius 2 is 1.95 bits per heavy atom. The molecule has 6 heteroatoms. The number of carbonyl (C=O) groups is 2. The third kappa shape index (κ3) is 3.63. The molecule has 0 saturated heterocycles. The van der Waals surface area contributed by atoms with E-state index in [2.05, 4.69) is 0 Å². The molecule has 0 aliphatic rings. The third-order valence-corrected chi connectivity index (χ3v) is 2.97. The van der Waals surface area contributed by atoms with Crippen LogP contribution in [0.3, 0.4) is 0 Å². The molecule has 0 atom stereocenters. The lowest BCUT2D eigenvalue weighted by Crippen LogP contribution is -2.37. The van der Waals surface area contributed by atoms with Crippen molar-refractivity contribution in [1.29, 1.82) is 0 Å². The molecule has 1 aromatic carbocycles. The Morgan fingerprint density at radius 1 is 1.30 bits per heavy atom. The number of anilines is 2. The van der Waals surface area contributed by atoms with Crippen molar-refractivity contribution in [2.75, 3.05) is 37.8 Å². The van der Waals surface area contributed by atoms with Crippen LogP contribution in [-0.4, -0.2) is 49.1 Å². The molecule has 0 aliphatic carbocycles. The summed E-state index contributed by atoms with van der Waals surface area (Å²) in [6, 6.07) is 4.83. The van der Waals surface area contributed by atoms with Crippen molar-refractivity contribution >= 4 is 23.3 Å². The summed E-state index contributed by atoms with van der Waals surface area (Å²) in [5.74, 6) is -1.13. The van der Waals surface area contributed by atoms with Crippen molar-refractivity contribution in [3.05, 3.63) is 23.8 Å². The number of hydrogen-bond acceptors (Lipinski definition) is 4. The zero-order valence-electron chi connectivity index (χ0n) is 12.1. The van der Waals surface area contributed by atoms with Gasteiger partial charge in [-0.25, -0.2) is 4.79 Å². The summed E-state index contributed by atoms with van der Waals surface area (Å²) in [7, 11) is 3.37. The molecule has 1 rings (SSSR count). The number of nitrogen functional groups attached to an aromatic ring is 1. The highest BCUT2D eigenvalue weighted by Gasteiger charge is 2.18. The van der Waals surface area contributed by atoms with Gasteiger partial charge in [0.15, 0.2) is 0 Å². The van der Waals surface area contributed by atoms with Gasteiger partial charge in [-0.15, -0.1) is 0 Å². The minimum atomic E-state index is -1.07. The van der Waals surface area contributed by atoms with E-state index >= 15 is 0 Å². The van der Waals surface area contributed by atoms with Crippen molar-refractivity contribution in [3.63, 3.8) is 0 Å². The van der Waals surface area contributed by atoms with E-state index in [0.717, 1.165) is 6.42 Å². The number of para-hydroxylation sites is 1. The fourth-order valence-corrected chi connectivity index (χ4v) is 1.87. The number of carbonyl (C=O) groups excluding carboxylic acids is 1. The van der Waals surface area contributed by atoms with Crippen LogP contribution in [0.5, 0.6) is 0 Å². The first-order valence-corrected chi connectivity index (χ1v) is 6.45. The van der Waals surface area contributed by atoms with Crippen LogP contribution >= 0.6 is 0 Å². The van der Waals surface area contributed by atoms with Gasteiger partial charge in [-0.05, 0) is 18.6 Å². The van der Waals surface area contributed by atoms with Gasteiger partial charge in [-0.2, -0.15) is 0 Å².